The third-order valence-electron chi connectivity index (χ3n) is 6.95. The van der Waals surface area contributed by atoms with Crippen LogP contribution in [-0.2, 0) is 4.79 Å². The van der Waals surface area contributed by atoms with Crippen molar-refractivity contribution in [1.29, 1.82) is 0 Å². The van der Waals surface area contributed by atoms with Crippen LogP contribution in [0.1, 0.15) is 49.0 Å². The topological polar surface area (TPSA) is 107 Å². The van der Waals surface area contributed by atoms with Crippen molar-refractivity contribution in [2.75, 3.05) is 5.32 Å². The lowest BCUT2D eigenvalue weighted by atomic mass is 9.87. The Hall–Kier alpha value is -3.82. The standard InChI is InChI=1S/C23H19F2N5O3/c24-12-5-3-11(4-6-12)17-19(30-21(32)23(27-22(30)33)7-1-2-8-23)18-16-14(20(31)29-28-18)9-13(25)10-15(16)26-17/h3-6,9-10,17,19,26H,1-2,7-8H2,(H,27,33)(H,29,31). The normalized spacial score (nSPS) is 23.3. The molecule has 10 heteroatoms. The lowest BCUT2D eigenvalue weighted by Crippen LogP contribution is -2.46. The molecular weight excluding hydrogens is 432 g/mol. The van der Waals surface area contributed by atoms with Gasteiger partial charge in [0.2, 0.25) is 0 Å². The Balaban J connectivity index is 1.59. The Kier molecular flexibility index (Phi) is 4.11. The van der Waals surface area contributed by atoms with Gasteiger partial charge in [0.15, 0.2) is 0 Å². The van der Waals surface area contributed by atoms with E-state index in [9.17, 15) is 23.2 Å². The van der Waals surface area contributed by atoms with E-state index in [1.54, 1.807) is 0 Å². The summed E-state index contributed by atoms with van der Waals surface area (Å²) in [6.07, 6.45) is 2.75. The molecule has 3 aliphatic rings. The predicted octanol–water partition coefficient (Wildman–Crippen LogP) is 3.27. The molecule has 1 aromatic heterocycles. The smallest absolute Gasteiger partial charge is 0.325 e. The van der Waals surface area contributed by atoms with Crippen LogP contribution in [0.25, 0.3) is 10.8 Å². The summed E-state index contributed by atoms with van der Waals surface area (Å²) < 4.78 is 28.0. The van der Waals surface area contributed by atoms with Crippen molar-refractivity contribution < 1.29 is 18.4 Å². The number of carbonyl (C=O) groups is 2. The first-order chi connectivity index (χ1) is 15.9. The van der Waals surface area contributed by atoms with Crippen LogP contribution in [0.5, 0.6) is 0 Å². The van der Waals surface area contributed by atoms with E-state index in [1.807, 2.05) is 0 Å². The summed E-state index contributed by atoms with van der Waals surface area (Å²) in [5.74, 6) is -1.42. The maximum absolute atomic E-state index is 14.3. The summed E-state index contributed by atoms with van der Waals surface area (Å²) in [5.41, 5.74) is -0.377. The average Bonchev–Trinajstić information content (AvgIpc) is 3.35. The van der Waals surface area contributed by atoms with Gasteiger partial charge in [-0.3, -0.25) is 14.5 Å². The van der Waals surface area contributed by atoms with Crippen LogP contribution >= 0.6 is 0 Å². The summed E-state index contributed by atoms with van der Waals surface area (Å²) in [5, 5.41) is 13.1. The molecule has 0 radical (unpaired) electrons. The molecule has 2 unspecified atom stereocenters. The number of H-pyrrole nitrogens is 1. The van der Waals surface area contributed by atoms with Gasteiger partial charge in [0.1, 0.15) is 23.2 Å². The number of amides is 3. The van der Waals surface area contributed by atoms with Gasteiger partial charge in [0, 0.05) is 11.1 Å². The minimum absolute atomic E-state index is 0.0627. The van der Waals surface area contributed by atoms with Gasteiger partial charge >= 0.3 is 6.03 Å². The number of rotatable bonds is 2. The number of nitrogens with one attached hydrogen (secondary N) is 3. The van der Waals surface area contributed by atoms with Crippen molar-refractivity contribution >= 4 is 28.4 Å². The van der Waals surface area contributed by atoms with E-state index in [0.717, 1.165) is 23.8 Å². The van der Waals surface area contributed by atoms with E-state index in [0.29, 0.717) is 29.5 Å². The summed E-state index contributed by atoms with van der Waals surface area (Å²) in [6, 6.07) is 5.73. The van der Waals surface area contributed by atoms with Gasteiger partial charge in [-0.2, -0.15) is 5.10 Å². The van der Waals surface area contributed by atoms with E-state index in [-0.39, 0.29) is 17.0 Å². The molecule has 0 bridgehead atoms. The number of urea groups is 1. The van der Waals surface area contributed by atoms with Gasteiger partial charge < -0.3 is 10.6 Å². The van der Waals surface area contributed by atoms with Crippen LogP contribution in [0.3, 0.4) is 0 Å². The second kappa shape index (κ2) is 6.84. The van der Waals surface area contributed by atoms with Gasteiger partial charge in [-0.25, -0.2) is 18.7 Å². The van der Waals surface area contributed by atoms with E-state index < -0.39 is 40.8 Å². The third kappa shape index (κ3) is 2.79. The van der Waals surface area contributed by atoms with E-state index >= 15 is 0 Å². The maximum Gasteiger partial charge on any atom is 0.325 e. The highest BCUT2D eigenvalue weighted by Gasteiger charge is 2.56. The highest BCUT2D eigenvalue weighted by atomic mass is 19.1. The van der Waals surface area contributed by atoms with Crippen molar-refractivity contribution in [3.63, 3.8) is 0 Å². The molecule has 1 spiro atoms. The second-order valence-electron chi connectivity index (χ2n) is 8.83. The third-order valence-corrected chi connectivity index (χ3v) is 6.95. The fourth-order valence-electron chi connectivity index (χ4n) is 5.44. The molecule has 33 heavy (non-hydrogen) atoms. The Morgan fingerprint density at radius 2 is 1.73 bits per heavy atom. The van der Waals surface area contributed by atoms with Crippen LogP contribution in [0.2, 0.25) is 0 Å². The number of benzene rings is 2. The maximum atomic E-state index is 14.3. The van der Waals surface area contributed by atoms with E-state index in [1.165, 1.54) is 30.3 Å². The average molecular weight is 451 g/mol. The first-order valence-corrected chi connectivity index (χ1v) is 10.8. The Labute approximate surface area is 186 Å². The quantitative estimate of drug-likeness (QED) is 0.519. The zero-order chi connectivity index (χ0) is 22.9. The van der Waals surface area contributed by atoms with Crippen molar-refractivity contribution in [1.82, 2.24) is 20.4 Å². The first kappa shape index (κ1) is 19.8. The summed E-state index contributed by atoms with van der Waals surface area (Å²) >= 11 is 0. The summed E-state index contributed by atoms with van der Waals surface area (Å²) in [4.78, 5) is 40.4. The summed E-state index contributed by atoms with van der Waals surface area (Å²) in [7, 11) is 0. The molecular formula is C23H19F2N5O3. The Morgan fingerprint density at radius 3 is 2.45 bits per heavy atom. The van der Waals surface area contributed by atoms with Gasteiger partial charge in [-0.1, -0.05) is 25.0 Å². The number of carbonyl (C=O) groups excluding carboxylic acids is 2. The molecule has 168 valence electrons. The number of hydrogen-bond acceptors (Lipinski definition) is 5. The lowest BCUT2D eigenvalue weighted by molar-refractivity contribution is -0.133. The van der Waals surface area contributed by atoms with Crippen molar-refractivity contribution in [2.45, 2.75) is 43.3 Å². The molecule has 1 saturated heterocycles. The molecule has 2 atom stereocenters. The monoisotopic (exact) mass is 451 g/mol. The molecule has 2 aliphatic heterocycles. The Bertz CT molecular complexity index is 1380. The number of imide groups is 1. The Morgan fingerprint density at radius 1 is 1.00 bits per heavy atom. The van der Waals surface area contributed by atoms with Crippen molar-refractivity contribution in [3.8, 4) is 0 Å². The van der Waals surface area contributed by atoms with Crippen LogP contribution in [0.15, 0.2) is 41.2 Å². The second-order valence-corrected chi connectivity index (χ2v) is 8.83. The number of aromatic nitrogens is 2. The number of anilines is 1. The first-order valence-electron chi connectivity index (χ1n) is 10.8. The van der Waals surface area contributed by atoms with Crippen LogP contribution in [0.4, 0.5) is 19.3 Å². The fourth-order valence-corrected chi connectivity index (χ4v) is 5.44. The molecule has 3 N–H and O–H groups in total. The van der Waals surface area contributed by atoms with Gasteiger partial charge in [-0.05, 0) is 42.7 Å². The molecule has 2 fully saturated rings. The minimum atomic E-state index is -0.950. The zero-order valence-corrected chi connectivity index (χ0v) is 17.3. The summed E-state index contributed by atoms with van der Waals surface area (Å²) in [6.45, 7) is 0. The van der Waals surface area contributed by atoms with E-state index in [4.69, 9.17) is 0 Å². The van der Waals surface area contributed by atoms with Gasteiger partial charge in [-0.15, -0.1) is 0 Å². The highest BCUT2D eigenvalue weighted by Crippen LogP contribution is 2.48. The van der Waals surface area contributed by atoms with Crippen LogP contribution in [0, 0.1) is 11.6 Å². The van der Waals surface area contributed by atoms with Crippen molar-refractivity contribution in [2.24, 2.45) is 0 Å². The molecule has 3 amide bonds. The molecule has 1 aliphatic carbocycles. The van der Waals surface area contributed by atoms with Gasteiger partial charge in [0.05, 0.1) is 17.1 Å². The molecule has 8 nitrogen and oxygen atoms in total. The molecule has 6 rings (SSSR count). The zero-order valence-electron chi connectivity index (χ0n) is 17.3. The fraction of sp³-hybridized carbons (Fsp3) is 0.304. The number of hydrogen-bond donors (Lipinski definition) is 3. The number of nitrogens with zero attached hydrogens (tertiary/aromatic N) is 2. The van der Waals surface area contributed by atoms with Crippen LogP contribution < -0.4 is 16.2 Å². The predicted molar refractivity (Wildman–Crippen MR) is 114 cm³/mol. The molecule has 1 saturated carbocycles. The molecule has 3 aromatic rings. The minimum Gasteiger partial charge on any atom is -0.375 e. The molecule has 3 heterocycles. The highest BCUT2D eigenvalue weighted by molar-refractivity contribution is 6.08. The van der Waals surface area contributed by atoms with Crippen LogP contribution in [-0.4, -0.2) is 32.6 Å². The number of halogens is 2. The van der Waals surface area contributed by atoms with E-state index in [2.05, 4.69) is 20.8 Å². The SMILES string of the molecule is O=C1NC2(CCCC2)C(=O)N1C1c2n[nH]c(=O)c3cc(F)cc(c23)NC1c1ccc(F)cc1. The lowest BCUT2D eigenvalue weighted by Gasteiger charge is -2.38. The largest absolute Gasteiger partial charge is 0.375 e. The van der Waals surface area contributed by atoms with Gasteiger partial charge in [0.25, 0.3) is 11.5 Å². The molecule has 2 aromatic carbocycles. The number of aromatic amines is 1. The van der Waals surface area contributed by atoms with Crippen molar-refractivity contribution in [3.05, 3.63) is 69.6 Å².